The van der Waals surface area contributed by atoms with E-state index in [2.05, 4.69) is 24.1 Å². The average molecular weight is 104 g/mol. The molecule has 0 N–H and O–H groups in total. The van der Waals surface area contributed by atoms with Crippen molar-refractivity contribution in [2.45, 2.75) is 19.8 Å². The lowest BCUT2D eigenvalue weighted by Gasteiger charge is -1.86. The maximum absolute atomic E-state index is 2.97. The number of rotatable bonds is 0. The highest BCUT2D eigenvalue weighted by molar-refractivity contribution is 5.02. The van der Waals surface area contributed by atoms with E-state index in [1.807, 2.05) is 6.08 Å². The molecule has 0 saturated carbocycles. The summed E-state index contributed by atoms with van der Waals surface area (Å²) in [4.78, 5) is 0. The van der Waals surface area contributed by atoms with Crippen molar-refractivity contribution in [1.82, 2.24) is 0 Å². The summed E-state index contributed by atoms with van der Waals surface area (Å²) in [6, 6.07) is 0. The Morgan fingerprint density at radius 1 is 1.62 bits per heavy atom. The first-order chi connectivity index (χ1) is 3.89. The third kappa shape index (κ3) is 1.30. The fourth-order valence-electron chi connectivity index (χ4n) is 0.617. The second kappa shape index (κ2) is 2.40. The quantitative estimate of drug-likeness (QED) is 0.413. The molecule has 0 atom stereocenters. The molecular weight excluding hydrogens is 96.1 g/mol. The van der Waals surface area contributed by atoms with Gasteiger partial charge in [-0.3, -0.25) is 0 Å². The molecule has 0 heteroatoms. The lowest BCUT2D eigenvalue weighted by molar-refractivity contribution is 0.986. The van der Waals surface area contributed by atoms with Crippen LogP contribution in [0.15, 0.2) is 28.8 Å². The van der Waals surface area contributed by atoms with Gasteiger partial charge in [-0.05, 0) is 37.1 Å². The maximum atomic E-state index is 2.97. The van der Waals surface area contributed by atoms with Crippen molar-refractivity contribution in [3.8, 4) is 0 Å². The van der Waals surface area contributed by atoms with Gasteiger partial charge in [-0.2, -0.15) is 0 Å². The van der Waals surface area contributed by atoms with E-state index in [4.69, 9.17) is 0 Å². The molecule has 0 nitrogen and oxygen atoms in total. The Labute approximate surface area is 49.5 Å². The first-order valence-electron chi connectivity index (χ1n) is 2.80. The van der Waals surface area contributed by atoms with Gasteiger partial charge in [-0.25, -0.2) is 0 Å². The molecule has 1 rings (SSSR count). The molecule has 0 saturated heterocycles. The predicted molar refractivity (Wildman–Crippen MR) is 33.5 cm³/mol. The van der Waals surface area contributed by atoms with E-state index in [9.17, 15) is 0 Å². The summed E-state index contributed by atoms with van der Waals surface area (Å²) in [5, 5.41) is 0. The second-order valence-corrected chi connectivity index (χ2v) is 1.92. The van der Waals surface area contributed by atoms with E-state index in [0.29, 0.717) is 0 Å². The average Bonchev–Trinajstić information content (AvgIpc) is 1.94. The lowest BCUT2D eigenvalue weighted by Crippen LogP contribution is -1.68. The Balaban J connectivity index is 3.08. The van der Waals surface area contributed by atoms with Crippen molar-refractivity contribution >= 4 is 0 Å². The molecular formula is C8H8. The zero-order valence-corrected chi connectivity index (χ0v) is 4.99. The molecule has 0 radical (unpaired) electrons. The van der Waals surface area contributed by atoms with Gasteiger partial charge >= 0.3 is 0 Å². The Morgan fingerprint density at radius 3 is 3.38 bits per heavy atom. The minimum absolute atomic E-state index is 1.09. The highest BCUT2D eigenvalue weighted by Crippen LogP contribution is 2.02. The number of hydrogen-bond acceptors (Lipinski definition) is 0. The van der Waals surface area contributed by atoms with Gasteiger partial charge in [0.2, 0.25) is 0 Å². The van der Waals surface area contributed by atoms with Crippen LogP contribution in [-0.2, 0) is 0 Å². The van der Waals surface area contributed by atoms with Crippen molar-refractivity contribution in [3.05, 3.63) is 28.8 Å². The summed E-state index contributed by atoms with van der Waals surface area (Å²) < 4.78 is 0. The summed E-state index contributed by atoms with van der Waals surface area (Å²) in [6.45, 7) is 2.06. The number of hydrogen-bond donors (Lipinski definition) is 0. The molecule has 0 aromatic carbocycles. The summed E-state index contributed by atoms with van der Waals surface area (Å²) in [6.07, 6.45) is 4.19. The van der Waals surface area contributed by atoms with Crippen molar-refractivity contribution in [3.63, 3.8) is 0 Å². The van der Waals surface area contributed by atoms with Crippen molar-refractivity contribution in [2.75, 3.05) is 0 Å². The molecule has 0 heterocycles. The third-order valence-electron chi connectivity index (χ3n) is 1.11. The molecule has 0 spiro atoms. The summed E-state index contributed by atoms with van der Waals surface area (Å²) >= 11 is 0. The molecule has 0 unspecified atom stereocenters. The van der Waals surface area contributed by atoms with Gasteiger partial charge in [-0.1, -0.05) is 11.5 Å². The maximum Gasteiger partial charge on any atom is -0.0194 e. The van der Waals surface area contributed by atoms with E-state index in [0.717, 1.165) is 12.8 Å². The predicted octanol–water partition coefficient (Wildman–Crippen LogP) is 2.19. The van der Waals surface area contributed by atoms with E-state index in [1.54, 1.807) is 0 Å². The van der Waals surface area contributed by atoms with Gasteiger partial charge in [-0.15, -0.1) is 0 Å². The van der Waals surface area contributed by atoms with Gasteiger partial charge in [0.05, 0.1) is 0 Å². The van der Waals surface area contributed by atoms with E-state index < -0.39 is 0 Å². The van der Waals surface area contributed by atoms with Gasteiger partial charge < -0.3 is 0 Å². The molecule has 0 aromatic heterocycles. The Morgan fingerprint density at radius 2 is 2.50 bits per heavy atom. The molecule has 40 valence electrons. The summed E-state index contributed by atoms with van der Waals surface area (Å²) in [7, 11) is 0. The Kier molecular flexibility index (Phi) is 1.57. The van der Waals surface area contributed by atoms with Gasteiger partial charge in [0.25, 0.3) is 0 Å². The topological polar surface area (TPSA) is 0 Å². The monoisotopic (exact) mass is 104 g/mol. The standard InChI is InChI=1S/C8H8/c1-8-6-4-2-3-5-7-8/h2H,4,6H2,1H3. The smallest absolute Gasteiger partial charge is 0.0194 e. The minimum Gasteiger partial charge on any atom is -0.0658 e. The summed E-state index contributed by atoms with van der Waals surface area (Å²) in [5.41, 5.74) is 9.91. The second-order valence-electron chi connectivity index (χ2n) is 1.92. The lowest BCUT2D eigenvalue weighted by atomic mass is 10.2. The van der Waals surface area contributed by atoms with Crippen LogP contribution in [-0.4, -0.2) is 0 Å². The third-order valence-corrected chi connectivity index (χ3v) is 1.11. The normalized spacial score (nSPS) is 15.9. The summed E-state index contributed by atoms with van der Waals surface area (Å²) in [5.74, 6) is 0. The van der Waals surface area contributed by atoms with Crippen LogP contribution in [0.3, 0.4) is 0 Å². The van der Waals surface area contributed by atoms with Crippen LogP contribution in [0, 0.1) is 0 Å². The Bertz CT molecular complexity index is 202. The van der Waals surface area contributed by atoms with E-state index in [-0.39, 0.29) is 0 Å². The first kappa shape index (κ1) is 5.22. The van der Waals surface area contributed by atoms with Crippen LogP contribution >= 0.6 is 0 Å². The zero-order valence-electron chi connectivity index (χ0n) is 4.99. The van der Waals surface area contributed by atoms with Crippen LogP contribution in [0.5, 0.6) is 0 Å². The van der Waals surface area contributed by atoms with Crippen LogP contribution < -0.4 is 0 Å². The molecule has 0 aromatic rings. The molecule has 0 bridgehead atoms. The van der Waals surface area contributed by atoms with Crippen molar-refractivity contribution < 1.29 is 0 Å². The highest BCUT2D eigenvalue weighted by Gasteiger charge is 1.84. The van der Waals surface area contributed by atoms with Gasteiger partial charge in [0, 0.05) is 0 Å². The number of allylic oxidation sites excluding steroid dienone is 2. The van der Waals surface area contributed by atoms with Crippen LogP contribution in [0.25, 0.3) is 0 Å². The molecule has 0 amide bonds. The van der Waals surface area contributed by atoms with Gasteiger partial charge in [0.15, 0.2) is 0 Å². The minimum atomic E-state index is 1.09. The molecule has 0 fully saturated rings. The zero-order chi connectivity index (χ0) is 5.82. The highest BCUT2D eigenvalue weighted by atomic mass is 13.9. The van der Waals surface area contributed by atoms with Crippen molar-refractivity contribution in [1.29, 1.82) is 0 Å². The fraction of sp³-hybridized carbons (Fsp3) is 0.375. The molecule has 1 aliphatic rings. The first-order valence-corrected chi connectivity index (χ1v) is 2.80. The SMILES string of the molecule is CC1=C=C=C=CCC1. The van der Waals surface area contributed by atoms with Crippen molar-refractivity contribution in [2.24, 2.45) is 0 Å². The molecule has 0 aliphatic heterocycles. The van der Waals surface area contributed by atoms with E-state index >= 15 is 0 Å². The Hall–Kier alpha value is -0.920. The largest absolute Gasteiger partial charge is 0.0658 e. The van der Waals surface area contributed by atoms with Crippen LogP contribution in [0.1, 0.15) is 19.8 Å². The van der Waals surface area contributed by atoms with Crippen LogP contribution in [0.2, 0.25) is 0 Å². The van der Waals surface area contributed by atoms with Crippen LogP contribution in [0.4, 0.5) is 0 Å². The molecule has 1 aliphatic carbocycles. The molecule has 8 heavy (non-hydrogen) atoms. The van der Waals surface area contributed by atoms with Gasteiger partial charge in [0.1, 0.15) is 0 Å². The van der Waals surface area contributed by atoms with E-state index in [1.165, 1.54) is 5.57 Å². The fourth-order valence-corrected chi connectivity index (χ4v) is 0.617.